The molecule has 0 bridgehead atoms. The van der Waals surface area contributed by atoms with Crippen LogP contribution in [0.5, 0.6) is 0 Å². The average Bonchev–Trinajstić information content (AvgIpc) is 2.48. The maximum atomic E-state index is 12.1. The van der Waals surface area contributed by atoms with Crippen molar-refractivity contribution in [2.45, 2.75) is 6.54 Å². The monoisotopic (exact) mass is 366 g/mol. The van der Waals surface area contributed by atoms with Crippen LogP contribution >= 0.6 is 27.5 Å². The summed E-state index contributed by atoms with van der Waals surface area (Å²) in [6, 6.07) is 13.3. The van der Waals surface area contributed by atoms with Crippen LogP contribution in [-0.2, 0) is 6.54 Å². The lowest BCUT2D eigenvalue weighted by molar-refractivity contribution is 0.0951. The average molecular weight is 368 g/mol. The maximum absolute atomic E-state index is 12.1. The van der Waals surface area contributed by atoms with Gasteiger partial charge in [-0.25, -0.2) is 0 Å². The Balaban J connectivity index is 2.02. The summed E-state index contributed by atoms with van der Waals surface area (Å²) < 4.78 is 0.715. The van der Waals surface area contributed by atoms with Crippen molar-refractivity contribution < 1.29 is 4.79 Å². The first kappa shape index (κ1) is 15.9. The molecular formula is C16H16BrClN2O. The molecule has 0 aliphatic heterocycles. The second kappa shape index (κ2) is 6.96. The van der Waals surface area contributed by atoms with Crippen molar-refractivity contribution in [1.29, 1.82) is 0 Å². The van der Waals surface area contributed by atoms with Gasteiger partial charge >= 0.3 is 0 Å². The minimum atomic E-state index is -0.182. The molecule has 1 amide bonds. The Morgan fingerprint density at radius 1 is 1.19 bits per heavy atom. The van der Waals surface area contributed by atoms with Crippen LogP contribution in [0.3, 0.4) is 0 Å². The van der Waals surface area contributed by atoms with Crippen molar-refractivity contribution in [3.63, 3.8) is 0 Å². The minimum Gasteiger partial charge on any atom is -0.378 e. The van der Waals surface area contributed by atoms with Gasteiger partial charge < -0.3 is 10.2 Å². The fraction of sp³-hybridized carbons (Fsp3) is 0.188. The molecule has 2 rings (SSSR count). The Hall–Kier alpha value is -1.52. The largest absolute Gasteiger partial charge is 0.378 e. The summed E-state index contributed by atoms with van der Waals surface area (Å²) in [5, 5.41) is 3.30. The summed E-state index contributed by atoms with van der Waals surface area (Å²) in [6.45, 7) is 0.468. The Labute approximate surface area is 138 Å². The third kappa shape index (κ3) is 3.99. The lowest BCUT2D eigenvalue weighted by Gasteiger charge is -2.13. The highest BCUT2D eigenvalue weighted by atomic mass is 79.9. The van der Waals surface area contributed by atoms with Crippen LogP contribution in [-0.4, -0.2) is 20.0 Å². The van der Waals surface area contributed by atoms with Crippen molar-refractivity contribution >= 4 is 39.1 Å². The van der Waals surface area contributed by atoms with Crippen molar-refractivity contribution in [1.82, 2.24) is 5.32 Å². The molecule has 2 aromatic carbocycles. The van der Waals surface area contributed by atoms with Gasteiger partial charge in [0.2, 0.25) is 0 Å². The van der Waals surface area contributed by atoms with E-state index in [0.717, 1.165) is 11.3 Å². The van der Waals surface area contributed by atoms with E-state index in [1.54, 1.807) is 18.2 Å². The summed E-state index contributed by atoms with van der Waals surface area (Å²) in [5.41, 5.74) is 2.64. The molecule has 110 valence electrons. The number of hydrogen-bond donors (Lipinski definition) is 1. The molecule has 0 saturated heterocycles. The summed E-state index contributed by atoms with van der Waals surface area (Å²) >= 11 is 9.43. The molecule has 0 radical (unpaired) electrons. The van der Waals surface area contributed by atoms with Gasteiger partial charge in [0.05, 0.1) is 10.6 Å². The molecule has 0 saturated carbocycles. The van der Waals surface area contributed by atoms with E-state index < -0.39 is 0 Å². The Bertz CT molecular complexity index is 641. The van der Waals surface area contributed by atoms with E-state index >= 15 is 0 Å². The third-order valence-electron chi connectivity index (χ3n) is 3.10. The fourth-order valence-electron chi connectivity index (χ4n) is 1.87. The molecule has 0 fully saturated rings. The SMILES string of the molecule is CN(C)c1ccc(CNC(=O)c2cccc(Br)c2Cl)cc1. The van der Waals surface area contributed by atoms with Crippen LogP contribution in [0.1, 0.15) is 15.9 Å². The number of hydrogen-bond acceptors (Lipinski definition) is 2. The van der Waals surface area contributed by atoms with Gasteiger partial charge in [-0.2, -0.15) is 0 Å². The van der Waals surface area contributed by atoms with E-state index in [1.807, 2.05) is 43.3 Å². The van der Waals surface area contributed by atoms with Crippen LogP contribution in [0.25, 0.3) is 0 Å². The zero-order chi connectivity index (χ0) is 15.4. The van der Waals surface area contributed by atoms with Crippen molar-refractivity contribution in [2.24, 2.45) is 0 Å². The smallest absolute Gasteiger partial charge is 0.253 e. The lowest BCUT2D eigenvalue weighted by Crippen LogP contribution is -2.23. The van der Waals surface area contributed by atoms with Gasteiger partial charge in [0, 0.05) is 30.8 Å². The van der Waals surface area contributed by atoms with Gasteiger partial charge in [0.25, 0.3) is 5.91 Å². The van der Waals surface area contributed by atoms with Gasteiger partial charge in [-0.15, -0.1) is 0 Å². The zero-order valence-electron chi connectivity index (χ0n) is 11.9. The normalized spacial score (nSPS) is 10.3. The van der Waals surface area contributed by atoms with Crippen molar-refractivity contribution in [3.8, 4) is 0 Å². The van der Waals surface area contributed by atoms with E-state index in [9.17, 15) is 4.79 Å². The summed E-state index contributed by atoms with van der Waals surface area (Å²) in [6.07, 6.45) is 0. The quantitative estimate of drug-likeness (QED) is 0.882. The lowest BCUT2D eigenvalue weighted by atomic mass is 10.1. The minimum absolute atomic E-state index is 0.182. The van der Waals surface area contributed by atoms with E-state index in [2.05, 4.69) is 21.2 Å². The van der Waals surface area contributed by atoms with Crippen LogP contribution in [0.15, 0.2) is 46.9 Å². The van der Waals surface area contributed by atoms with Gasteiger partial charge in [-0.1, -0.05) is 29.8 Å². The number of halogens is 2. The number of carbonyl (C=O) groups excluding carboxylic acids is 1. The molecule has 0 atom stereocenters. The molecule has 5 heteroatoms. The molecule has 0 aromatic heterocycles. The Kier molecular flexibility index (Phi) is 5.26. The van der Waals surface area contributed by atoms with Crippen molar-refractivity contribution in [3.05, 3.63) is 63.1 Å². The Morgan fingerprint density at radius 3 is 2.48 bits per heavy atom. The molecule has 21 heavy (non-hydrogen) atoms. The highest BCUT2D eigenvalue weighted by Gasteiger charge is 2.11. The molecule has 2 aromatic rings. The van der Waals surface area contributed by atoms with Crippen molar-refractivity contribution in [2.75, 3.05) is 19.0 Å². The fourth-order valence-corrected chi connectivity index (χ4v) is 2.45. The second-order valence-electron chi connectivity index (χ2n) is 4.84. The van der Waals surface area contributed by atoms with E-state index in [-0.39, 0.29) is 5.91 Å². The van der Waals surface area contributed by atoms with E-state index in [1.165, 1.54) is 0 Å². The molecule has 0 unspecified atom stereocenters. The maximum Gasteiger partial charge on any atom is 0.253 e. The van der Waals surface area contributed by atoms with E-state index in [4.69, 9.17) is 11.6 Å². The number of rotatable bonds is 4. The highest BCUT2D eigenvalue weighted by molar-refractivity contribution is 9.10. The number of benzene rings is 2. The first-order chi connectivity index (χ1) is 9.99. The molecule has 1 N–H and O–H groups in total. The summed E-state index contributed by atoms with van der Waals surface area (Å²) in [5.74, 6) is -0.182. The zero-order valence-corrected chi connectivity index (χ0v) is 14.2. The molecule has 0 aliphatic rings. The summed E-state index contributed by atoms with van der Waals surface area (Å²) in [4.78, 5) is 14.2. The van der Waals surface area contributed by atoms with Crippen LogP contribution < -0.4 is 10.2 Å². The molecule has 3 nitrogen and oxygen atoms in total. The van der Waals surface area contributed by atoms with Gasteiger partial charge in [-0.3, -0.25) is 4.79 Å². The van der Waals surface area contributed by atoms with Crippen LogP contribution in [0.4, 0.5) is 5.69 Å². The van der Waals surface area contributed by atoms with Crippen LogP contribution in [0, 0.1) is 0 Å². The van der Waals surface area contributed by atoms with E-state index in [0.29, 0.717) is 21.6 Å². The third-order valence-corrected chi connectivity index (χ3v) is 4.40. The predicted octanol–water partition coefficient (Wildman–Crippen LogP) is 4.10. The number of anilines is 1. The summed E-state index contributed by atoms with van der Waals surface area (Å²) in [7, 11) is 3.98. The van der Waals surface area contributed by atoms with Crippen LogP contribution in [0.2, 0.25) is 5.02 Å². The topological polar surface area (TPSA) is 32.3 Å². The predicted molar refractivity (Wildman–Crippen MR) is 91.1 cm³/mol. The molecule has 0 heterocycles. The Morgan fingerprint density at radius 2 is 1.86 bits per heavy atom. The van der Waals surface area contributed by atoms with Gasteiger partial charge in [0.1, 0.15) is 0 Å². The number of nitrogens with zero attached hydrogens (tertiary/aromatic N) is 1. The second-order valence-corrected chi connectivity index (χ2v) is 6.08. The highest BCUT2D eigenvalue weighted by Crippen LogP contribution is 2.25. The van der Waals surface area contributed by atoms with Gasteiger partial charge in [0.15, 0.2) is 0 Å². The number of carbonyl (C=O) groups is 1. The first-order valence-corrected chi connectivity index (χ1v) is 7.64. The number of amides is 1. The number of nitrogens with one attached hydrogen (secondary N) is 1. The molecule has 0 aliphatic carbocycles. The first-order valence-electron chi connectivity index (χ1n) is 6.47. The van der Waals surface area contributed by atoms with Gasteiger partial charge in [-0.05, 0) is 45.8 Å². The molecule has 0 spiro atoms. The molecular weight excluding hydrogens is 352 g/mol. The standard InChI is InChI=1S/C16H16BrClN2O/c1-20(2)12-8-6-11(7-9-12)10-19-16(21)13-4-3-5-14(17)15(13)18/h3-9H,10H2,1-2H3,(H,19,21).